The van der Waals surface area contributed by atoms with E-state index in [1.54, 1.807) is 0 Å². The molecule has 0 aromatic heterocycles. The molecule has 2 amide bonds. The van der Waals surface area contributed by atoms with Crippen molar-refractivity contribution in [2.24, 2.45) is 5.92 Å². The van der Waals surface area contributed by atoms with Gasteiger partial charge in [-0.15, -0.1) is 0 Å². The Kier molecular flexibility index (Phi) is 4.74. The predicted molar refractivity (Wildman–Crippen MR) is 103 cm³/mol. The van der Waals surface area contributed by atoms with Crippen molar-refractivity contribution in [3.63, 3.8) is 0 Å². The number of hydrogen-bond donors (Lipinski definition) is 2. The number of rotatable bonds is 4. The Morgan fingerprint density at radius 3 is 2.77 bits per heavy atom. The molecule has 1 heterocycles. The molecule has 0 fully saturated rings. The van der Waals surface area contributed by atoms with E-state index in [9.17, 15) is 9.59 Å². The molecule has 0 unspecified atom stereocenters. The number of nitrogens with one attached hydrogen (secondary N) is 2. The SMILES string of the molecule is O=C(CC[C@H]1Cc2ccccc2NC1=O)Nc1cccc2c1CCCC2. The van der Waals surface area contributed by atoms with Crippen LogP contribution in [0, 0.1) is 5.92 Å². The molecule has 1 atom stereocenters. The van der Waals surface area contributed by atoms with Gasteiger partial charge in [-0.05, 0) is 67.3 Å². The van der Waals surface area contributed by atoms with Crippen LogP contribution >= 0.6 is 0 Å². The van der Waals surface area contributed by atoms with Gasteiger partial charge in [-0.25, -0.2) is 0 Å². The fourth-order valence-electron chi connectivity index (χ4n) is 4.06. The maximum absolute atomic E-state index is 12.5. The highest BCUT2D eigenvalue weighted by Gasteiger charge is 2.26. The number of fused-ring (bicyclic) bond motifs is 2. The van der Waals surface area contributed by atoms with E-state index in [4.69, 9.17) is 0 Å². The van der Waals surface area contributed by atoms with Crippen molar-refractivity contribution < 1.29 is 9.59 Å². The maximum Gasteiger partial charge on any atom is 0.227 e. The van der Waals surface area contributed by atoms with E-state index < -0.39 is 0 Å². The van der Waals surface area contributed by atoms with E-state index in [1.165, 1.54) is 24.0 Å². The Balaban J connectivity index is 1.37. The van der Waals surface area contributed by atoms with Crippen LogP contribution in [0.3, 0.4) is 0 Å². The summed E-state index contributed by atoms with van der Waals surface area (Å²) in [6, 6.07) is 14.0. The smallest absolute Gasteiger partial charge is 0.227 e. The molecule has 2 aromatic carbocycles. The first-order valence-electron chi connectivity index (χ1n) is 9.50. The van der Waals surface area contributed by atoms with Gasteiger partial charge in [0.1, 0.15) is 0 Å². The monoisotopic (exact) mass is 348 g/mol. The minimum atomic E-state index is -0.139. The van der Waals surface area contributed by atoms with Gasteiger partial charge in [-0.2, -0.15) is 0 Å². The Labute approximate surface area is 154 Å². The molecule has 2 aromatic rings. The van der Waals surface area contributed by atoms with Crippen molar-refractivity contribution in [3.05, 3.63) is 59.2 Å². The van der Waals surface area contributed by atoms with Crippen LogP contribution < -0.4 is 10.6 Å². The van der Waals surface area contributed by atoms with Crippen LogP contribution in [0.1, 0.15) is 42.4 Å². The molecule has 1 aliphatic heterocycles. The van der Waals surface area contributed by atoms with Crippen molar-refractivity contribution in [1.82, 2.24) is 0 Å². The lowest BCUT2D eigenvalue weighted by atomic mass is 9.89. The maximum atomic E-state index is 12.5. The molecule has 0 radical (unpaired) electrons. The van der Waals surface area contributed by atoms with E-state index in [2.05, 4.69) is 16.7 Å². The predicted octanol–water partition coefficient (Wildman–Crippen LogP) is 4.10. The Bertz CT molecular complexity index is 844. The van der Waals surface area contributed by atoms with Gasteiger partial charge in [-0.3, -0.25) is 9.59 Å². The molecule has 1 aliphatic carbocycles. The average molecular weight is 348 g/mol. The second kappa shape index (κ2) is 7.32. The minimum Gasteiger partial charge on any atom is -0.326 e. The molecule has 4 rings (SSSR count). The van der Waals surface area contributed by atoms with Crippen molar-refractivity contribution >= 4 is 23.2 Å². The number of amides is 2. The first kappa shape index (κ1) is 16.8. The van der Waals surface area contributed by atoms with Gasteiger partial charge in [0.15, 0.2) is 0 Å². The zero-order chi connectivity index (χ0) is 17.9. The number of aryl methyl sites for hydroxylation is 1. The van der Waals surface area contributed by atoms with Crippen LogP contribution in [0.15, 0.2) is 42.5 Å². The van der Waals surface area contributed by atoms with E-state index in [-0.39, 0.29) is 17.7 Å². The molecule has 2 aliphatic rings. The Morgan fingerprint density at radius 2 is 1.85 bits per heavy atom. The summed E-state index contributed by atoms with van der Waals surface area (Å²) in [4.78, 5) is 24.7. The van der Waals surface area contributed by atoms with Crippen LogP contribution in [-0.4, -0.2) is 11.8 Å². The summed E-state index contributed by atoms with van der Waals surface area (Å²) in [6.07, 6.45) is 6.18. The fraction of sp³-hybridized carbons (Fsp3) is 0.364. The molecular weight excluding hydrogens is 324 g/mol. The normalized spacial score (nSPS) is 18.5. The van der Waals surface area contributed by atoms with E-state index in [0.717, 1.165) is 29.8 Å². The largest absolute Gasteiger partial charge is 0.326 e. The summed E-state index contributed by atoms with van der Waals surface area (Å²) >= 11 is 0. The third-order valence-corrected chi connectivity index (χ3v) is 5.50. The molecule has 26 heavy (non-hydrogen) atoms. The van der Waals surface area contributed by atoms with Gasteiger partial charge in [0, 0.05) is 23.7 Å². The summed E-state index contributed by atoms with van der Waals surface area (Å²) in [6.45, 7) is 0. The average Bonchev–Trinajstić information content (AvgIpc) is 2.66. The highest BCUT2D eigenvalue weighted by molar-refractivity contribution is 5.96. The van der Waals surface area contributed by atoms with E-state index in [1.807, 2.05) is 36.4 Å². The number of benzene rings is 2. The van der Waals surface area contributed by atoms with E-state index >= 15 is 0 Å². The van der Waals surface area contributed by atoms with Gasteiger partial charge in [0.2, 0.25) is 11.8 Å². The third kappa shape index (κ3) is 3.50. The molecule has 134 valence electrons. The first-order chi connectivity index (χ1) is 12.7. The zero-order valence-corrected chi connectivity index (χ0v) is 14.9. The number of anilines is 2. The fourth-order valence-corrected chi connectivity index (χ4v) is 4.06. The van der Waals surface area contributed by atoms with Crippen molar-refractivity contribution in [2.75, 3.05) is 10.6 Å². The zero-order valence-electron chi connectivity index (χ0n) is 14.9. The highest BCUT2D eigenvalue weighted by Crippen LogP contribution is 2.29. The third-order valence-electron chi connectivity index (χ3n) is 5.50. The number of carbonyl (C=O) groups is 2. The van der Waals surface area contributed by atoms with Crippen LogP contribution in [0.4, 0.5) is 11.4 Å². The van der Waals surface area contributed by atoms with Gasteiger partial charge < -0.3 is 10.6 Å². The lowest BCUT2D eigenvalue weighted by Gasteiger charge is -2.24. The molecule has 0 saturated heterocycles. The topological polar surface area (TPSA) is 58.2 Å². The Morgan fingerprint density at radius 1 is 1.04 bits per heavy atom. The van der Waals surface area contributed by atoms with Crippen LogP contribution in [0.25, 0.3) is 0 Å². The molecule has 0 saturated carbocycles. The van der Waals surface area contributed by atoms with Gasteiger partial charge >= 0.3 is 0 Å². The van der Waals surface area contributed by atoms with Gasteiger partial charge in [0.05, 0.1) is 0 Å². The van der Waals surface area contributed by atoms with Crippen LogP contribution in [-0.2, 0) is 28.9 Å². The first-order valence-corrected chi connectivity index (χ1v) is 9.50. The Hall–Kier alpha value is -2.62. The molecule has 0 spiro atoms. The molecule has 0 bridgehead atoms. The summed E-state index contributed by atoms with van der Waals surface area (Å²) in [7, 11) is 0. The molecule has 4 heteroatoms. The standard InChI is InChI=1S/C22H24N2O2/c25-21(23-20-11-5-8-15-6-1-3-9-18(15)20)13-12-17-14-16-7-2-4-10-19(16)24-22(17)26/h2,4-5,7-8,10-11,17H,1,3,6,9,12-14H2,(H,23,25)(H,24,26)/t17-/m0/s1. The number of para-hydroxylation sites is 1. The van der Waals surface area contributed by atoms with Crippen LogP contribution in [0.5, 0.6) is 0 Å². The second-order valence-corrected chi connectivity index (χ2v) is 7.28. The summed E-state index contributed by atoms with van der Waals surface area (Å²) < 4.78 is 0. The highest BCUT2D eigenvalue weighted by atomic mass is 16.2. The number of hydrogen-bond acceptors (Lipinski definition) is 2. The minimum absolute atomic E-state index is 0.00404. The molecule has 2 N–H and O–H groups in total. The molecular formula is C22H24N2O2. The lowest BCUT2D eigenvalue weighted by molar-refractivity contribution is -0.121. The summed E-state index contributed by atoms with van der Waals surface area (Å²) in [5.74, 6) is -0.121. The summed E-state index contributed by atoms with van der Waals surface area (Å²) in [5.41, 5.74) is 5.64. The molecule has 4 nitrogen and oxygen atoms in total. The van der Waals surface area contributed by atoms with Crippen molar-refractivity contribution in [3.8, 4) is 0 Å². The lowest BCUT2D eigenvalue weighted by Crippen LogP contribution is -2.30. The van der Waals surface area contributed by atoms with Crippen molar-refractivity contribution in [2.45, 2.75) is 44.9 Å². The summed E-state index contributed by atoms with van der Waals surface area (Å²) in [5, 5.41) is 6.03. The van der Waals surface area contributed by atoms with Gasteiger partial charge in [0.25, 0.3) is 0 Å². The quantitative estimate of drug-likeness (QED) is 0.874. The van der Waals surface area contributed by atoms with Gasteiger partial charge in [-0.1, -0.05) is 30.3 Å². The second-order valence-electron chi connectivity index (χ2n) is 7.28. The van der Waals surface area contributed by atoms with Crippen LogP contribution in [0.2, 0.25) is 0 Å². The number of carbonyl (C=O) groups excluding carboxylic acids is 2. The van der Waals surface area contributed by atoms with E-state index in [0.29, 0.717) is 19.3 Å². The van der Waals surface area contributed by atoms with Crippen molar-refractivity contribution in [1.29, 1.82) is 0 Å².